The molecule has 2 rings (SSSR count). The van der Waals surface area contributed by atoms with Gasteiger partial charge in [-0.05, 0) is 11.1 Å². The molecule has 0 saturated heterocycles. The van der Waals surface area contributed by atoms with Crippen molar-refractivity contribution in [3.63, 3.8) is 0 Å². The molecule has 40 valence electrons. The molecule has 0 aliphatic heterocycles. The average Bonchev–Trinajstić information content (AvgIpc) is 1.72. The van der Waals surface area contributed by atoms with E-state index < -0.39 is 0 Å². The van der Waals surface area contributed by atoms with Crippen LogP contribution in [0.1, 0.15) is 12.6 Å². The SMILES string of the molecule is C1=Cc2ccccc21.[H-].[Li+]. The van der Waals surface area contributed by atoms with E-state index in [1.807, 2.05) is 0 Å². The largest absolute Gasteiger partial charge is 1.00 e. The predicted octanol–water partition coefficient (Wildman–Crippen LogP) is -0.713. The van der Waals surface area contributed by atoms with E-state index in [4.69, 9.17) is 0 Å². The molecule has 0 fully saturated rings. The molecule has 1 aromatic rings. The van der Waals surface area contributed by atoms with E-state index in [1.54, 1.807) is 0 Å². The van der Waals surface area contributed by atoms with Gasteiger partial charge in [-0.3, -0.25) is 0 Å². The summed E-state index contributed by atoms with van der Waals surface area (Å²) in [5.41, 5.74) is 2.74. The summed E-state index contributed by atoms with van der Waals surface area (Å²) >= 11 is 0. The Hall–Kier alpha value is -0.443. The van der Waals surface area contributed by atoms with Gasteiger partial charge >= 0.3 is 18.9 Å². The minimum atomic E-state index is 0. The Morgan fingerprint density at radius 1 is 0.889 bits per heavy atom. The molecule has 0 unspecified atom stereocenters. The third-order valence-corrected chi connectivity index (χ3v) is 1.44. The first-order chi connectivity index (χ1) is 3.97. The summed E-state index contributed by atoms with van der Waals surface area (Å²) in [5, 5.41) is 0. The maximum absolute atomic E-state index is 2.12. The van der Waals surface area contributed by atoms with Crippen LogP contribution >= 0.6 is 0 Å². The minimum Gasteiger partial charge on any atom is -1.00 e. The van der Waals surface area contributed by atoms with Crippen LogP contribution in [0.5, 0.6) is 0 Å². The van der Waals surface area contributed by atoms with E-state index in [-0.39, 0.29) is 20.3 Å². The Kier molecular flexibility index (Phi) is 1.80. The smallest absolute Gasteiger partial charge is 1.00 e. The Morgan fingerprint density at radius 3 is 1.56 bits per heavy atom. The van der Waals surface area contributed by atoms with Gasteiger partial charge in [0.2, 0.25) is 0 Å². The minimum absolute atomic E-state index is 0. The summed E-state index contributed by atoms with van der Waals surface area (Å²) in [6.45, 7) is 0. The quantitative estimate of drug-likeness (QED) is 0.393. The van der Waals surface area contributed by atoms with E-state index >= 15 is 0 Å². The van der Waals surface area contributed by atoms with Gasteiger partial charge < -0.3 is 1.43 Å². The van der Waals surface area contributed by atoms with Gasteiger partial charge in [-0.15, -0.1) is 0 Å². The van der Waals surface area contributed by atoms with Crippen LogP contribution in [0, 0.1) is 0 Å². The average molecular weight is 110 g/mol. The van der Waals surface area contributed by atoms with Crippen LogP contribution in [0.4, 0.5) is 0 Å². The Bertz CT molecular complexity index is 218. The molecule has 0 saturated carbocycles. The van der Waals surface area contributed by atoms with Crippen molar-refractivity contribution < 1.29 is 20.3 Å². The van der Waals surface area contributed by atoms with Crippen molar-refractivity contribution >= 4 is 12.2 Å². The summed E-state index contributed by atoms with van der Waals surface area (Å²) in [6, 6.07) is 8.36. The third-order valence-electron chi connectivity index (χ3n) is 1.44. The van der Waals surface area contributed by atoms with Crippen LogP contribution in [0.3, 0.4) is 0 Å². The zero-order valence-corrected chi connectivity index (χ0v) is 5.46. The fourth-order valence-electron chi connectivity index (χ4n) is 0.898. The monoisotopic (exact) mass is 110 g/mol. The maximum atomic E-state index is 2.12. The maximum Gasteiger partial charge on any atom is 1.00 e. The first-order valence-electron chi connectivity index (χ1n) is 2.74. The van der Waals surface area contributed by atoms with Crippen LogP contribution in [0.15, 0.2) is 24.3 Å². The number of hydrogen-bond acceptors (Lipinski definition) is 0. The molecular formula is C8H7Li. The zero-order chi connectivity index (χ0) is 5.40. The van der Waals surface area contributed by atoms with Gasteiger partial charge in [0.05, 0.1) is 0 Å². The van der Waals surface area contributed by atoms with E-state index in [2.05, 4.69) is 36.4 Å². The second kappa shape index (κ2) is 2.43. The summed E-state index contributed by atoms with van der Waals surface area (Å²) in [4.78, 5) is 0. The summed E-state index contributed by atoms with van der Waals surface area (Å²) < 4.78 is 0. The first kappa shape index (κ1) is 6.67. The molecule has 0 spiro atoms. The van der Waals surface area contributed by atoms with Gasteiger partial charge in [0.15, 0.2) is 0 Å². The number of hydrogen-bond donors (Lipinski definition) is 0. The molecule has 1 aromatic carbocycles. The molecule has 0 radical (unpaired) electrons. The van der Waals surface area contributed by atoms with E-state index in [0.29, 0.717) is 0 Å². The molecule has 0 atom stereocenters. The van der Waals surface area contributed by atoms with Crippen LogP contribution < -0.4 is 18.9 Å². The topological polar surface area (TPSA) is 0 Å². The van der Waals surface area contributed by atoms with Gasteiger partial charge in [0.1, 0.15) is 0 Å². The van der Waals surface area contributed by atoms with Gasteiger partial charge in [-0.1, -0.05) is 36.4 Å². The summed E-state index contributed by atoms with van der Waals surface area (Å²) in [5.74, 6) is 0. The normalized spacial score (nSPS) is 11.1. The van der Waals surface area contributed by atoms with Crippen molar-refractivity contribution in [2.45, 2.75) is 0 Å². The fraction of sp³-hybridized carbons (Fsp3) is 0. The Morgan fingerprint density at radius 2 is 1.33 bits per heavy atom. The van der Waals surface area contributed by atoms with Gasteiger partial charge in [0, 0.05) is 0 Å². The van der Waals surface area contributed by atoms with Gasteiger partial charge in [0.25, 0.3) is 0 Å². The summed E-state index contributed by atoms with van der Waals surface area (Å²) in [7, 11) is 0. The Balaban J connectivity index is 0.000000405. The predicted molar refractivity (Wildman–Crippen MR) is 36.5 cm³/mol. The molecule has 0 N–H and O–H groups in total. The second-order valence-electron chi connectivity index (χ2n) is 1.96. The molecule has 1 aliphatic rings. The molecule has 1 heteroatoms. The Labute approximate surface area is 68.2 Å². The van der Waals surface area contributed by atoms with Crippen LogP contribution in [0.25, 0.3) is 12.2 Å². The zero-order valence-electron chi connectivity index (χ0n) is 6.46. The van der Waals surface area contributed by atoms with Gasteiger partial charge in [-0.25, -0.2) is 0 Å². The number of benzene rings is 1. The van der Waals surface area contributed by atoms with Crippen molar-refractivity contribution in [2.24, 2.45) is 0 Å². The molecule has 0 bridgehead atoms. The molecular weight excluding hydrogens is 103 g/mol. The molecule has 0 nitrogen and oxygen atoms in total. The van der Waals surface area contributed by atoms with Crippen molar-refractivity contribution in [3.05, 3.63) is 35.4 Å². The molecule has 0 aromatic heterocycles. The second-order valence-corrected chi connectivity index (χ2v) is 1.96. The third kappa shape index (κ3) is 0.964. The molecule has 0 heterocycles. The summed E-state index contributed by atoms with van der Waals surface area (Å²) in [6.07, 6.45) is 4.24. The van der Waals surface area contributed by atoms with Gasteiger partial charge in [-0.2, -0.15) is 0 Å². The van der Waals surface area contributed by atoms with E-state index in [1.165, 1.54) is 11.1 Å². The molecule has 0 amide bonds. The number of fused-ring (bicyclic) bond motifs is 1. The van der Waals surface area contributed by atoms with Crippen molar-refractivity contribution in [1.29, 1.82) is 0 Å². The number of rotatable bonds is 0. The van der Waals surface area contributed by atoms with Crippen molar-refractivity contribution in [2.75, 3.05) is 0 Å². The van der Waals surface area contributed by atoms with E-state index in [0.717, 1.165) is 0 Å². The van der Waals surface area contributed by atoms with E-state index in [9.17, 15) is 0 Å². The van der Waals surface area contributed by atoms with Crippen molar-refractivity contribution in [1.82, 2.24) is 0 Å². The van der Waals surface area contributed by atoms with Crippen molar-refractivity contribution in [3.8, 4) is 0 Å². The molecule has 1 aliphatic carbocycles. The van der Waals surface area contributed by atoms with Crippen LogP contribution in [-0.4, -0.2) is 0 Å². The van der Waals surface area contributed by atoms with Crippen LogP contribution in [-0.2, 0) is 0 Å². The fourth-order valence-corrected chi connectivity index (χ4v) is 0.898. The molecule has 9 heavy (non-hydrogen) atoms. The first-order valence-corrected chi connectivity index (χ1v) is 2.74. The standard InChI is InChI=1S/C8H6.Li.H/c1-2-4-8-6-5-7(8)3-1;;/h1-6H;;/q;+1;-1. The van der Waals surface area contributed by atoms with Crippen LogP contribution in [0.2, 0.25) is 0 Å².